The summed E-state index contributed by atoms with van der Waals surface area (Å²) in [6.07, 6.45) is 1.65. The number of rotatable bonds is 5. The molecule has 0 saturated carbocycles. The number of H-pyrrole nitrogens is 1. The van der Waals surface area contributed by atoms with Gasteiger partial charge in [-0.3, -0.25) is 0 Å². The Kier molecular flexibility index (Phi) is 4.14. The average molecular weight is 267 g/mol. The average Bonchev–Trinajstić information content (AvgIpc) is 2.70. The van der Waals surface area contributed by atoms with Gasteiger partial charge in [0.25, 0.3) is 0 Å². The second kappa shape index (κ2) is 5.65. The molecule has 0 amide bonds. The van der Waals surface area contributed by atoms with Crippen LogP contribution in [-0.4, -0.2) is 16.5 Å². The third kappa shape index (κ3) is 3.29. The van der Waals surface area contributed by atoms with Crippen LogP contribution in [0.5, 0.6) is 0 Å². The van der Waals surface area contributed by atoms with Crippen molar-refractivity contribution in [1.29, 1.82) is 0 Å². The first-order valence-electron chi connectivity index (χ1n) is 6.53. The van der Waals surface area contributed by atoms with Gasteiger partial charge in [0.15, 0.2) is 5.82 Å². The maximum atomic E-state index is 13.5. The van der Waals surface area contributed by atoms with Gasteiger partial charge in [0.2, 0.25) is 0 Å². The number of benzene rings is 1. The Hall–Kier alpha value is -1.49. The third-order valence-corrected chi connectivity index (χ3v) is 3.17. The van der Waals surface area contributed by atoms with Crippen LogP contribution in [0, 0.1) is 23.5 Å². The Bertz CT molecular complexity index is 563. The topological polar surface area (TPSA) is 54.7 Å². The molecule has 0 aliphatic heterocycles. The van der Waals surface area contributed by atoms with Gasteiger partial charge in [0, 0.05) is 12.5 Å². The standard InChI is InChI=1S/C14H19F2N3/c1-8(2)3-9(7-17)4-13-18-12-6-10(15)5-11(16)14(12)19-13/h5-6,8-9H,3-4,7,17H2,1-2H3,(H,18,19). The van der Waals surface area contributed by atoms with E-state index in [0.717, 1.165) is 12.5 Å². The fourth-order valence-corrected chi connectivity index (χ4v) is 2.39. The SMILES string of the molecule is CC(C)CC(CN)Cc1nc2c(F)cc(F)cc2[nH]1. The lowest BCUT2D eigenvalue weighted by Gasteiger charge is -2.15. The predicted molar refractivity (Wildman–Crippen MR) is 71.7 cm³/mol. The number of aromatic amines is 1. The largest absolute Gasteiger partial charge is 0.342 e. The molecule has 2 rings (SSSR count). The van der Waals surface area contributed by atoms with Crippen molar-refractivity contribution in [3.05, 3.63) is 29.6 Å². The van der Waals surface area contributed by atoms with Gasteiger partial charge < -0.3 is 10.7 Å². The van der Waals surface area contributed by atoms with Crippen LogP contribution in [0.1, 0.15) is 26.1 Å². The van der Waals surface area contributed by atoms with E-state index in [-0.39, 0.29) is 5.52 Å². The molecule has 1 aromatic carbocycles. The molecule has 104 valence electrons. The molecule has 1 heterocycles. The van der Waals surface area contributed by atoms with Crippen molar-refractivity contribution in [2.45, 2.75) is 26.7 Å². The molecule has 1 aromatic heterocycles. The summed E-state index contributed by atoms with van der Waals surface area (Å²) in [6.45, 7) is 4.83. The number of aromatic nitrogens is 2. The van der Waals surface area contributed by atoms with Crippen LogP contribution in [0.3, 0.4) is 0 Å². The molecule has 5 heteroatoms. The molecule has 0 radical (unpaired) electrons. The zero-order chi connectivity index (χ0) is 14.0. The lowest BCUT2D eigenvalue weighted by molar-refractivity contribution is 0.409. The number of nitrogens with two attached hydrogens (primary N) is 1. The molecule has 1 unspecified atom stereocenters. The van der Waals surface area contributed by atoms with Crippen LogP contribution in [0.4, 0.5) is 8.78 Å². The van der Waals surface area contributed by atoms with Crippen LogP contribution in [0.2, 0.25) is 0 Å². The van der Waals surface area contributed by atoms with Gasteiger partial charge in [-0.15, -0.1) is 0 Å². The number of halogens is 2. The van der Waals surface area contributed by atoms with E-state index in [1.165, 1.54) is 6.07 Å². The molecule has 3 N–H and O–H groups in total. The van der Waals surface area contributed by atoms with E-state index in [1.54, 1.807) is 0 Å². The molecular weight excluding hydrogens is 248 g/mol. The van der Waals surface area contributed by atoms with Crippen LogP contribution in [0.25, 0.3) is 11.0 Å². The Balaban J connectivity index is 2.23. The summed E-state index contributed by atoms with van der Waals surface area (Å²) < 4.78 is 26.6. The van der Waals surface area contributed by atoms with E-state index in [1.807, 2.05) is 0 Å². The number of nitrogens with one attached hydrogen (secondary N) is 1. The predicted octanol–water partition coefficient (Wildman–Crippen LogP) is 3.00. The maximum absolute atomic E-state index is 13.5. The Morgan fingerprint density at radius 1 is 1.32 bits per heavy atom. The van der Waals surface area contributed by atoms with Crippen molar-refractivity contribution in [2.24, 2.45) is 17.6 Å². The lowest BCUT2D eigenvalue weighted by atomic mass is 9.94. The van der Waals surface area contributed by atoms with Crippen molar-refractivity contribution in [1.82, 2.24) is 9.97 Å². The fraction of sp³-hybridized carbons (Fsp3) is 0.500. The minimum atomic E-state index is -0.634. The maximum Gasteiger partial charge on any atom is 0.153 e. The van der Waals surface area contributed by atoms with Crippen LogP contribution >= 0.6 is 0 Å². The Morgan fingerprint density at radius 3 is 2.68 bits per heavy atom. The lowest BCUT2D eigenvalue weighted by Crippen LogP contribution is -2.19. The van der Waals surface area contributed by atoms with E-state index in [9.17, 15) is 8.78 Å². The van der Waals surface area contributed by atoms with Gasteiger partial charge in [-0.25, -0.2) is 13.8 Å². The van der Waals surface area contributed by atoms with Crippen molar-refractivity contribution in [3.63, 3.8) is 0 Å². The molecular formula is C14H19F2N3. The van der Waals surface area contributed by atoms with E-state index in [0.29, 0.717) is 36.1 Å². The molecule has 0 aliphatic rings. The van der Waals surface area contributed by atoms with Gasteiger partial charge >= 0.3 is 0 Å². The Morgan fingerprint density at radius 2 is 2.05 bits per heavy atom. The highest BCUT2D eigenvalue weighted by molar-refractivity contribution is 5.75. The number of hydrogen-bond acceptors (Lipinski definition) is 2. The monoisotopic (exact) mass is 267 g/mol. The summed E-state index contributed by atoms with van der Waals surface area (Å²) >= 11 is 0. The number of fused-ring (bicyclic) bond motifs is 1. The van der Waals surface area contributed by atoms with E-state index in [4.69, 9.17) is 5.73 Å². The van der Waals surface area contributed by atoms with Gasteiger partial charge in [-0.1, -0.05) is 13.8 Å². The second-order valence-corrected chi connectivity index (χ2v) is 5.40. The van der Waals surface area contributed by atoms with Crippen LogP contribution in [0.15, 0.2) is 12.1 Å². The van der Waals surface area contributed by atoms with Crippen molar-refractivity contribution in [3.8, 4) is 0 Å². The van der Waals surface area contributed by atoms with Crippen molar-refractivity contribution < 1.29 is 8.78 Å². The molecule has 3 nitrogen and oxygen atoms in total. The van der Waals surface area contributed by atoms with Gasteiger partial charge in [0.05, 0.1) is 5.52 Å². The zero-order valence-corrected chi connectivity index (χ0v) is 11.2. The first-order valence-corrected chi connectivity index (χ1v) is 6.53. The zero-order valence-electron chi connectivity index (χ0n) is 11.2. The van der Waals surface area contributed by atoms with Crippen molar-refractivity contribution >= 4 is 11.0 Å². The Labute approximate surface area is 111 Å². The first kappa shape index (κ1) is 13.9. The van der Waals surface area contributed by atoms with Crippen LogP contribution < -0.4 is 5.73 Å². The molecule has 0 bridgehead atoms. The molecule has 0 fully saturated rings. The third-order valence-electron chi connectivity index (χ3n) is 3.17. The van der Waals surface area contributed by atoms with E-state index >= 15 is 0 Å². The van der Waals surface area contributed by atoms with E-state index in [2.05, 4.69) is 23.8 Å². The number of imidazole rings is 1. The summed E-state index contributed by atoms with van der Waals surface area (Å²) in [5.41, 5.74) is 6.33. The molecule has 19 heavy (non-hydrogen) atoms. The summed E-state index contributed by atoms with van der Waals surface area (Å²) in [4.78, 5) is 7.16. The minimum Gasteiger partial charge on any atom is -0.342 e. The molecule has 1 atom stereocenters. The molecule has 0 aliphatic carbocycles. The highest BCUT2D eigenvalue weighted by Crippen LogP contribution is 2.20. The summed E-state index contributed by atoms with van der Waals surface area (Å²) in [5, 5.41) is 0. The smallest absolute Gasteiger partial charge is 0.153 e. The second-order valence-electron chi connectivity index (χ2n) is 5.40. The van der Waals surface area contributed by atoms with Crippen molar-refractivity contribution in [2.75, 3.05) is 6.54 Å². The number of nitrogens with zero attached hydrogens (tertiary/aromatic N) is 1. The molecule has 0 saturated heterocycles. The molecule has 0 spiro atoms. The number of hydrogen-bond donors (Lipinski definition) is 2. The van der Waals surface area contributed by atoms with Gasteiger partial charge in [0.1, 0.15) is 17.2 Å². The quantitative estimate of drug-likeness (QED) is 0.875. The van der Waals surface area contributed by atoms with Crippen LogP contribution in [-0.2, 0) is 6.42 Å². The summed E-state index contributed by atoms with van der Waals surface area (Å²) in [5.74, 6) is 0.277. The fourth-order valence-electron chi connectivity index (χ4n) is 2.39. The summed E-state index contributed by atoms with van der Waals surface area (Å²) in [6, 6.07) is 2.11. The van der Waals surface area contributed by atoms with Gasteiger partial charge in [-0.2, -0.15) is 0 Å². The van der Waals surface area contributed by atoms with E-state index < -0.39 is 11.6 Å². The normalized spacial score (nSPS) is 13.4. The highest BCUT2D eigenvalue weighted by atomic mass is 19.1. The minimum absolute atomic E-state index is 0.191. The van der Waals surface area contributed by atoms with Gasteiger partial charge in [-0.05, 0) is 30.9 Å². The first-order chi connectivity index (χ1) is 8.99. The highest BCUT2D eigenvalue weighted by Gasteiger charge is 2.15. The summed E-state index contributed by atoms with van der Waals surface area (Å²) in [7, 11) is 0. The molecule has 2 aromatic rings.